The number of benzene rings is 1. The fourth-order valence-corrected chi connectivity index (χ4v) is 1.68. The van der Waals surface area contributed by atoms with Crippen LogP contribution in [0.2, 0.25) is 0 Å². The Kier molecular flexibility index (Phi) is 5.96. The molecule has 2 N–H and O–H groups in total. The van der Waals surface area contributed by atoms with Crippen molar-refractivity contribution >= 4 is 11.5 Å². The minimum Gasteiger partial charge on any atom is -0.393 e. The largest absolute Gasteiger partial charge is 0.416 e. The molecular formula is C15H18F3NO2. The number of amides is 1. The molecule has 0 bridgehead atoms. The van der Waals surface area contributed by atoms with Crippen molar-refractivity contribution in [3.05, 3.63) is 41.5 Å². The van der Waals surface area contributed by atoms with Gasteiger partial charge in [-0.25, -0.2) is 0 Å². The van der Waals surface area contributed by atoms with Crippen LogP contribution >= 0.6 is 0 Å². The van der Waals surface area contributed by atoms with Gasteiger partial charge >= 0.3 is 6.18 Å². The van der Waals surface area contributed by atoms with Crippen molar-refractivity contribution < 1.29 is 23.1 Å². The van der Waals surface area contributed by atoms with Crippen molar-refractivity contribution in [1.82, 2.24) is 5.32 Å². The molecule has 0 aromatic heterocycles. The molecule has 1 unspecified atom stereocenters. The van der Waals surface area contributed by atoms with E-state index >= 15 is 0 Å². The Bertz CT molecular complexity index is 522. The monoisotopic (exact) mass is 301 g/mol. The van der Waals surface area contributed by atoms with Crippen LogP contribution in [-0.2, 0) is 11.0 Å². The van der Waals surface area contributed by atoms with E-state index in [1.54, 1.807) is 13.8 Å². The number of hydrogen-bond donors (Lipinski definition) is 2. The van der Waals surface area contributed by atoms with E-state index in [1.165, 1.54) is 18.2 Å². The van der Waals surface area contributed by atoms with Gasteiger partial charge in [0.05, 0.1) is 11.7 Å². The molecule has 0 saturated carbocycles. The van der Waals surface area contributed by atoms with Crippen molar-refractivity contribution in [3.8, 4) is 0 Å². The molecule has 21 heavy (non-hydrogen) atoms. The average molecular weight is 301 g/mol. The molecule has 0 saturated heterocycles. The van der Waals surface area contributed by atoms with Gasteiger partial charge in [-0.1, -0.05) is 12.1 Å². The summed E-state index contributed by atoms with van der Waals surface area (Å²) in [7, 11) is 0. The Balaban J connectivity index is 2.76. The number of aliphatic hydroxyl groups is 1. The number of allylic oxidation sites excluding steroid dienone is 1. The van der Waals surface area contributed by atoms with Gasteiger partial charge in [-0.05, 0) is 43.5 Å². The normalized spacial score (nSPS) is 13.9. The minimum absolute atomic E-state index is 0.308. The van der Waals surface area contributed by atoms with Gasteiger partial charge in [-0.2, -0.15) is 13.2 Å². The summed E-state index contributed by atoms with van der Waals surface area (Å²) in [6.07, 6.45) is -3.26. The van der Waals surface area contributed by atoms with E-state index in [1.807, 2.05) is 0 Å². The summed E-state index contributed by atoms with van der Waals surface area (Å²) < 4.78 is 37.8. The van der Waals surface area contributed by atoms with Crippen LogP contribution in [0.4, 0.5) is 13.2 Å². The molecule has 6 heteroatoms. The van der Waals surface area contributed by atoms with E-state index in [0.29, 0.717) is 24.1 Å². The van der Waals surface area contributed by atoms with Crippen LogP contribution in [-0.4, -0.2) is 23.7 Å². The van der Waals surface area contributed by atoms with E-state index in [2.05, 4.69) is 5.32 Å². The van der Waals surface area contributed by atoms with Crippen LogP contribution in [0.15, 0.2) is 30.3 Å². The Morgan fingerprint density at radius 2 is 2.10 bits per heavy atom. The van der Waals surface area contributed by atoms with Crippen LogP contribution in [0, 0.1) is 0 Å². The highest BCUT2D eigenvalue weighted by Gasteiger charge is 2.30. The summed E-state index contributed by atoms with van der Waals surface area (Å²) >= 11 is 0. The Morgan fingerprint density at radius 3 is 2.67 bits per heavy atom. The molecule has 116 valence electrons. The van der Waals surface area contributed by atoms with Crippen molar-refractivity contribution in [1.29, 1.82) is 0 Å². The molecule has 1 rings (SSSR count). The molecule has 1 aromatic carbocycles. The first-order valence-electron chi connectivity index (χ1n) is 6.52. The van der Waals surface area contributed by atoms with Crippen molar-refractivity contribution in [3.63, 3.8) is 0 Å². The molecule has 3 nitrogen and oxygen atoms in total. The fourth-order valence-electron chi connectivity index (χ4n) is 1.68. The van der Waals surface area contributed by atoms with Gasteiger partial charge in [-0.15, -0.1) is 0 Å². The van der Waals surface area contributed by atoms with E-state index in [-0.39, 0.29) is 0 Å². The summed E-state index contributed by atoms with van der Waals surface area (Å²) in [6, 6.07) is 4.82. The van der Waals surface area contributed by atoms with Crippen molar-refractivity contribution in [2.24, 2.45) is 0 Å². The number of alkyl halides is 3. The van der Waals surface area contributed by atoms with Crippen molar-refractivity contribution in [2.45, 2.75) is 32.5 Å². The SMILES string of the molecule is CC(=CC(=O)NCCC(C)O)c1cccc(C(F)(F)F)c1. The predicted molar refractivity (Wildman–Crippen MR) is 74.4 cm³/mol. The zero-order valence-corrected chi connectivity index (χ0v) is 11.9. The lowest BCUT2D eigenvalue weighted by molar-refractivity contribution is -0.137. The Hall–Kier alpha value is -1.82. The van der Waals surface area contributed by atoms with E-state index < -0.39 is 23.8 Å². The molecule has 0 radical (unpaired) electrons. The number of hydrogen-bond acceptors (Lipinski definition) is 2. The summed E-state index contributed by atoms with van der Waals surface area (Å²) in [5.74, 6) is -0.398. The van der Waals surface area contributed by atoms with Gasteiger partial charge in [-0.3, -0.25) is 4.79 Å². The first kappa shape index (κ1) is 17.2. The zero-order valence-electron chi connectivity index (χ0n) is 11.9. The Morgan fingerprint density at radius 1 is 1.43 bits per heavy atom. The third-order valence-electron chi connectivity index (χ3n) is 2.85. The van der Waals surface area contributed by atoms with Crippen LogP contribution in [0.25, 0.3) is 5.57 Å². The second-order valence-electron chi connectivity index (χ2n) is 4.83. The predicted octanol–water partition coefficient (Wildman–Crippen LogP) is 3.00. The number of aliphatic hydroxyl groups excluding tert-OH is 1. The summed E-state index contributed by atoms with van der Waals surface area (Å²) in [5.41, 5.74) is 0.0356. The minimum atomic E-state index is -4.41. The zero-order chi connectivity index (χ0) is 16.0. The smallest absolute Gasteiger partial charge is 0.393 e. The average Bonchev–Trinajstić information content (AvgIpc) is 2.37. The molecule has 1 atom stereocenters. The van der Waals surface area contributed by atoms with Crippen LogP contribution in [0.1, 0.15) is 31.4 Å². The van der Waals surface area contributed by atoms with Crippen LogP contribution in [0.5, 0.6) is 0 Å². The summed E-state index contributed by atoms with van der Waals surface area (Å²) in [5, 5.41) is 11.6. The van der Waals surface area contributed by atoms with Gasteiger partial charge in [0.1, 0.15) is 0 Å². The lowest BCUT2D eigenvalue weighted by atomic mass is 10.0. The maximum absolute atomic E-state index is 12.6. The number of carbonyl (C=O) groups is 1. The van der Waals surface area contributed by atoms with Crippen LogP contribution in [0.3, 0.4) is 0 Å². The highest BCUT2D eigenvalue weighted by atomic mass is 19.4. The van der Waals surface area contributed by atoms with Gasteiger partial charge < -0.3 is 10.4 Å². The molecule has 0 aliphatic carbocycles. The molecule has 0 heterocycles. The Labute approximate surface area is 121 Å². The van der Waals surface area contributed by atoms with Crippen molar-refractivity contribution in [2.75, 3.05) is 6.54 Å². The van der Waals surface area contributed by atoms with Gasteiger partial charge in [0.2, 0.25) is 5.91 Å². The van der Waals surface area contributed by atoms with E-state index in [9.17, 15) is 18.0 Å². The summed E-state index contributed by atoms with van der Waals surface area (Å²) in [4.78, 5) is 11.6. The topological polar surface area (TPSA) is 49.3 Å². The first-order chi connectivity index (χ1) is 9.70. The number of rotatable bonds is 5. The van der Waals surface area contributed by atoms with Gasteiger partial charge in [0, 0.05) is 12.6 Å². The molecule has 1 aromatic rings. The molecule has 0 aliphatic heterocycles. The van der Waals surface area contributed by atoms with E-state index in [4.69, 9.17) is 5.11 Å². The number of nitrogens with one attached hydrogen (secondary N) is 1. The van der Waals surface area contributed by atoms with E-state index in [0.717, 1.165) is 12.1 Å². The molecular weight excluding hydrogens is 283 g/mol. The fraction of sp³-hybridized carbons (Fsp3) is 0.400. The standard InChI is InChI=1S/C15H18F3NO2/c1-10(8-14(21)19-7-6-11(2)20)12-4-3-5-13(9-12)15(16,17)18/h3-5,8-9,11,20H,6-7H2,1-2H3,(H,19,21). The lowest BCUT2D eigenvalue weighted by Crippen LogP contribution is -2.24. The molecule has 1 amide bonds. The second kappa shape index (κ2) is 7.26. The summed E-state index contributed by atoms with van der Waals surface area (Å²) in [6.45, 7) is 3.49. The highest BCUT2D eigenvalue weighted by molar-refractivity contribution is 5.94. The second-order valence-corrected chi connectivity index (χ2v) is 4.83. The third kappa shape index (κ3) is 5.99. The lowest BCUT2D eigenvalue weighted by Gasteiger charge is -2.09. The number of halogens is 3. The van der Waals surface area contributed by atoms with Gasteiger partial charge in [0.25, 0.3) is 0 Å². The third-order valence-corrected chi connectivity index (χ3v) is 2.85. The quantitative estimate of drug-likeness (QED) is 0.821. The molecule has 0 aliphatic rings. The molecule has 0 fully saturated rings. The van der Waals surface area contributed by atoms with Gasteiger partial charge in [0.15, 0.2) is 0 Å². The highest BCUT2D eigenvalue weighted by Crippen LogP contribution is 2.30. The number of carbonyl (C=O) groups excluding carboxylic acids is 1. The first-order valence-corrected chi connectivity index (χ1v) is 6.52. The maximum atomic E-state index is 12.6. The maximum Gasteiger partial charge on any atom is 0.416 e. The van der Waals surface area contributed by atoms with Crippen LogP contribution < -0.4 is 5.32 Å². The molecule has 0 spiro atoms.